The summed E-state index contributed by atoms with van der Waals surface area (Å²) in [6, 6.07) is 20.0. The smallest absolute Gasteiger partial charge is 0.269 e. The molecule has 0 bridgehead atoms. The maximum atomic E-state index is 13.2. The van der Waals surface area contributed by atoms with E-state index in [9.17, 15) is 9.59 Å². The summed E-state index contributed by atoms with van der Waals surface area (Å²) in [4.78, 5) is 35.7. The number of hydrogen-bond donors (Lipinski definition) is 2. The van der Waals surface area contributed by atoms with Crippen LogP contribution in [0, 0.1) is 24.7 Å². The van der Waals surface area contributed by atoms with Crippen molar-refractivity contribution in [3.8, 4) is 5.75 Å². The minimum atomic E-state index is -0.145. The van der Waals surface area contributed by atoms with Crippen LogP contribution in [-0.2, 0) is 11.2 Å². The molecule has 3 heterocycles. The van der Waals surface area contributed by atoms with E-state index in [1.165, 1.54) is 22.9 Å². The molecule has 1 fully saturated rings. The van der Waals surface area contributed by atoms with E-state index >= 15 is 0 Å². The van der Waals surface area contributed by atoms with Crippen molar-refractivity contribution < 1.29 is 14.3 Å². The average Bonchev–Trinajstić information content (AvgIpc) is 3.64. The highest BCUT2D eigenvalue weighted by molar-refractivity contribution is 5.92. The largest absolute Gasteiger partial charge is 0.494 e. The Kier molecular flexibility index (Phi) is 8.50. The van der Waals surface area contributed by atoms with Gasteiger partial charge < -0.3 is 19.9 Å². The number of nitrogens with zero attached hydrogens (tertiary/aromatic N) is 2. The molecule has 0 saturated heterocycles. The number of benzene rings is 2. The maximum Gasteiger partial charge on any atom is 0.269 e. The number of nitrogens with one attached hydrogen (secondary N) is 2. The third-order valence-corrected chi connectivity index (χ3v) is 9.22. The molecule has 4 unspecified atom stereocenters. The Morgan fingerprint density at radius 1 is 1.14 bits per heavy atom. The molecule has 6 rings (SSSR count). The van der Waals surface area contributed by atoms with Gasteiger partial charge in [0.05, 0.1) is 12.6 Å². The van der Waals surface area contributed by atoms with Gasteiger partial charge in [0.25, 0.3) is 5.91 Å². The number of carbonyl (C=O) groups is 2. The van der Waals surface area contributed by atoms with Gasteiger partial charge in [-0.2, -0.15) is 0 Å². The van der Waals surface area contributed by atoms with Gasteiger partial charge in [-0.1, -0.05) is 43.7 Å². The summed E-state index contributed by atoms with van der Waals surface area (Å²) < 4.78 is 6.21. The molecule has 43 heavy (non-hydrogen) atoms. The molecule has 2 aromatic carbocycles. The highest BCUT2D eigenvalue weighted by Crippen LogP contribution is 2.45. The third kappa shape index (κ3) is 6.31. The minimum Gasteiger partial charge on any atom is -0.494 e. The van der Waals surface area contributed by atoms with E-state index in [1.807, 2.05) is 29.2 Å². The van der Waals surface area contributed by atoms with E-state index in [0.717, 1.165) is 41.8 Å². The summed E-state index contributed by atoms with van der Waals surface area (Å²) in [5.41, 5.74) is 6.35. The van der Waals surface area contributed by atoms with Crippen molar-refractivity contribution in [2.75, 3.05) is 19.7 Å². The van der Waals surface area contributed by atoms with Gasteiger partial charge in [0.1, 0.15) is 11.4 Å². The minimum absolute atomic E-state index is 0.127. The lowest BCUT2D eigenvalue weighted by Gasteiger charge is -2.36. The maximum absolute atomic E-state index is 13.2. The van der Waals surface area contributed by atoms with Crippen molar-refractivity contribution in [1.82, 2.24) is 20.2 Å². The van der Waals surface area contributed by atoms with Crippen LogP contribution >= 0.6 is 0 Å². The Balaban J connectivity index is 1.14. The van der Waals surface area contributed by atoms with Gasteiger partial charge in [-0.25, -0.2) is 0 Å². The van der Waals surface area contributed by atoms with Crippen LogP contribution < -0.4 is 10.1 Å². The standard InChI is InChI=1S/C36H42N4O3/c1-4-7-33(41)40-18-15-28-30-20-23(2)9-14-31(30)39-34(28)35(40)25-10-12-27(13-11-25)43-19-16-26(29-21-24(29)3)22-38-36(42)32-8-5-6-17-37-32/h5-6,8-14,17,20,24,26,29,35,39H,4,7,15-16,18-19,21-22H2,1-3H3,(H,38,42). The predicted molar refractivity (Wildman–Crippen MR) is 169 cm³/mol. The highest BCUT2D eigenvalue weighted by atomic mass is 16.5. The summed E-state index contributed by atoms with van der Waals surface area (Å²) in [5.74, 6) is 2.55. The summed E-state index contributed by atoms with van der Waals surface area (Å²) in [5, 5.41) is 4.35. The van der Waals surface area contributed by atoms with Crippen molar-refractivity contribution in [3.63, 3.8) is 0 Å². The first-order valence-corrected chi connectivity index (χ1v) is 15.8. The predicted octanol–water partition coefficient (Wildman–Crippen LogP) is 6.62. The van der Waals surface area contributed by atoms with Crippen LogP contribution in [-0.4, -0.2) is 46.4 Å². The Labute approximate surface area is 254 Å². The Morgan fingerprint density at radius 2 is 1.95 bits per heavy atom. The van der Waals surface area contributed by atoms with Crippen molar-refractivity contribution in [2.45, 2.75) is 58.9 Å². The molecule has 1 aliphatic carbocycles. The van der Waals surface area contributed by atoms with Gasteiger partial charge in [0, 0.05) is 42.3 Å². The van der Waals surface area contributed by atoms with Crippen LogP contribution in [0.5, 0.6) is 5.75 Å². The van der Waals surface area contributed by atoms with E-state index < -0.39 is 0 Å². The van der Waals surface area contributed by atoms with Gasteiger partial charge in [-0.05, 0) is 97.9 Å². The van der Waals surface area contributed by atoms with Gasteiger partial charge in [0.2, 0.25) is 5.91 Å². The molecule has 1 saturated carbocycles. The molecule has 4 atom stereocenters. The van der Waals surface area contributed by atoms with Crippen LogP contribution in [0.15, 0.2) is 66.9 Å². The molecular weight excluding hydrogens is 536 g/mol. The van der Waals surface area contributed by atoms with E-state index in [2.05, 4.69) is 66.4 Å². The van der Waals surface area contributed by atoms with Crippen LogP contribution in [0.3, 0.4) is 0 Å². The summed E-state index contributed by atoms with van der Waals surface area (Å²) in [6.45, 7) is 8.39. The van der Waals surface area contributed by atoms with Crippen LogP contribution in [0.25, 0.3) is 10.9 Å². The number of H-pyrrole nitrogens is 1. The zero-order valence-corrected chi connectivity index (χ0v) is 25.4. The molecule has 224 valence electrons. The Hall–Kier alpha value is -4.13. The van der Waals surface area contributed by atoms with Gasteiger partial charge in [-0.15, -0.1) is 0 Å². The lowest BCUT2D eigenvalue weighted by atomic mass is 9.91. The van der Waals surface area contributed by atoms with E-state index in [4.69, 9.17) is 4.74 Å². The number of amides is 2. The molecule has 2 aliphatic rings. The fraction of sp³-hybridized carbons (Fsp3) is 0.417. The fourth-order valence-electron chi connectivity index (χ4n) is 6.74. The number of ether oxygens (including phenoxy) is 1. The quantitative estimate of drug-likeness (QED) is 0.210. The van der Waals surface area contributed by atoms with Crippen LogP contribution in [0.4, 0.5) is 0 Å². The first-order valence-electron chi connectivity index (χ1n) is 15.8. The number of aromatic nitrogens is 2. The molecule has 1 aliphatic heterocycles. The number of carbonyl (C=O) groups excluding carboxylic acids is 2. The van der Waals surface area contributed by atoms with E-state index in [1.54, 1.807) is 12.3 Å². The van der Waals surface area contributed by atoms with Crippen LogP contribution in [0.2, 0.25) is 0 Å². The van der Waals surface area contributed by atoms with Crippen molar-refractivity contribution in [3.05, 3.63) is 94.9 Å². The molecule has 2 amide bonds. The Bertz CT molecular complexity index is 1580. The summed E-state index contributed by atoms with van der Waals surface area (Å²) in [7, 11) is 0. The normalized spacial score (nSPS) is 20.0. The summed E-state index contributed by atoms with van der Waals surface area (Å²) in [6.07, 6.45) is 5.95. The Morgan fingerprint density at radius 3 is 2.67 bits per heavy atom. The van der Waals surface area contributed by atoms with E-state index in [0.29, 0.717) is 49.6 Å². The van der Waals surface area contributed by atoms with Crippen molar-refractivity contribution in [1.29, 1.82) is 0 Å². The zero-order valence-electron chi connectivity index (χ0n) is 25.4. The zero-order chi connectivity index (χ0) is 29.9. The fourth-order valence-corrected chi connectivity index (χ4v) is 6.74. The number of rotatable bonds is 11. The second kappa shape index (κ2) is 12.6. The molecule has 2 N–H and O–H groups in total. The van der Waals surface area contributed by atoms with E-state index in [-0.39, 0.29) is 17.9 Å². The van der Waals surface area contributed by atoms with Gasteiger partial charge in [0.15, 0.2) is 0 Å². The molecular formula is C36H42N4O3. The second-order valence-electron chi connectivity index (χ2n) is 12.3. The lowest BCUT2D eigenvalue weighted by molar-refractivity contribution is -0.133. The molecule has 4 aromatic rings. The first kappa shape index (κ1) is 29.0. The number of aryl methyl sites for hydroxylation is 1. The molecule has 7 nitrogen and oxygen atoms in total. The molecule has 7 heteroatoms. The molecule has 2 aromatic heterocycles. The third-order valence-electron chi connectivity index (χ3n) is 9.22. The first-order chi connectivity index (χ1) is 20.9. The monoisotopic (exact) mass is 578 g/mol. The number of fused-ring (bicyclic) bond motifs is 3. The van der Waals surface area contributed by atoms with Gasteiger partial charge in [-0.3, -0.25) is 14.6 Å². The van der Waals surface area contributed by atoms with Gasteiger partial charge >= 0.3 is 0 Å². The SMILES string of the molecule is CCCC(=O)N1CCc2c([nH]c3ccc(C)cc23)C1c1ccc(OCCC(CNC(=O)c2ccccn2)C2CC2C)cc1. The second-order valence-corrected chi connectivity index (χ2v) is 12.3. The number of hydrogen-bond acceptors (Lipinski definition) is 4. The van der Waals surface area contributed by atoms with Crippen LogP contribution in [0.1, 0.15) is 78.4 Å². The number of aromatic amines is 1. The topological polar surface area (TPSA) is 87.3 Å². The molecule has 0 spiro atoms. The highest BCUT2D eigenvalue weighted by Gasteiger charge is 2.39. The summed E-state index contributed by atoms with van der Waals surface area (Å²) >= 11 is 0. The van der Waals surface area contributed by atoms with Crippen molar-refractivity contribution >= 4 is 22.7 Å². The van der Waals surface area contributed by atoms with Crippen molar-refractivity contribution in [2.24, 2.45) is 17.8 Å². The lowest BCUT2D eigenvalue weighted by Crippen LogP contribution is -2.40. The average molecular weight is 579 g/mol. The number of pyridine rings is 1. The molecule has 0 radical (unpaired) electrons.